The highest BCUT2D eigenvalue weighted by molar-refractivity contribution is 9.10. The molecule has 1 aliphatic heterocycles. The molecule has 1 unspecified atom stereocenters. The summed E-state index contributed by atoms with van der Waals surface area (Å²) in [4.78, 5) is 25.1. The molecule has 0 radical (unpaired) electrons. The van der Waals surface area contributed by atoms with E-state index >= 15 is 0 Å². The van der Waals surface area contributed by atoms with Crippen LogP contribution in [0.1, 0.15) is 49.7 Å². The Morgan fingerprint density at radius 3 is 2.47 bits per heavy atom. The molecule has 12 heteroatoms. The van der Waals surface area contributed by atoms with E-state index in [1.54, 1.807) is 0 Å². The number of carbonyl (C=O) groups excluding carboxylic acids is 2. The van der Waals surface area contributed by atoms with Crippen LogP contribution in [0.2, 0.25) is 5.02 Å². The summed E-state index contributed by atoms with van der Waals surface area (Å²) in [5.41, 5.74) is 0.836. The summed E-state index contributed by atoms with van der Waals surface area (Å²) in [6, 6.07) is 9.64. The summed E-state index contributed by atoms with van der Waals surface area (Å²) in [7, 11) is 0. The predicted molar refractivity (Wildman–Crippen MR) is 126 cm³/mol. The van der Waals surface area contributed by atoms with E-state index < -0.39 is 40.3 Å². The predicted octanol–water partition coefficient (Wildman–Crippen LogP) is 6.55. The molecule has 2 amide bonds. The molecule has 0 aliphatic carbocycles. The van der Waals surface area contributed by atoms with Gasteiger partial charge in [-0.3, -0.25) is 14.8 Å². The lowest BCUT2D eigenvalue weighted by atomic mass is 9.83. The van der Waals surface area contributed by atoms with Gasteiger partial charge in [0.1, 0.15) is 11.6 Å². The SMILES string of the molecule is O=C(NO)c1cc(NC(=O)c2cc(Cl)c(C(F)(F)F)cc2C2CCOc3cc(F)ccc32)ccc1Br. The van der Waals surface area contributed by atoms with E-state index in [1.807, 2.05) is 0 Å². The lowest BCUT2D eigenvalue weighted by molar-refractivity contribution is -0.137. The maximum atomic E-state index is 13.7. The van der Waals surface area contributed by atoms with Crippen molar-refractivity contribution in [2.24, 2.45) is 0 Å². The minimum atomic E-state index is -4.78. The normalized spacial score (nSPS) is 15.0. The number of amides is 2. The van der Waals surface area contributed by atoms with Gasteiger partial charge in [-0.05, 0) is 64.3 Å². The molecule has 1 heterocycles. The molecular formula is C24H16BrClF4N2O4. The maximum Gasteiger partial charge on any atom is 0.417 e. The van der Waals surface area contributed by atoms with Gasteiger partial charge in [0.2, 0.25) is 0 Å². The molecule has 0 saturated heterocycles. The first-order valence-electron chi connectivity index (χ1n) is 10.4. The van der Waals surface area contributed by atoms with Gasteiger partial charge in [0.25, 0.3) is 11.8 Å². The Morgan fingerprint density at radius 1 is 1.03 bits per heavy atom. The Morgan fingerprint density at radius 2 is 1.78 bits per heavy atom. The Bertz CT molecular complexity index is 1370. The van der Waals surface area contributed by atoms with Gasteiger partial charge >= 0.3 is 6.18 Å². The average molecular weight is 588 g/mol. The molecule has 0 aromatic heterocycles. The summed E-state index contributed by atoms with van der Waals surface area (Å²) in [6.45, 7) is 0.0957. The highest BCUT2D eigenvalue weighted by Crippen LogP contribution is 2.44. The van der Waals surface area contributed by atoms with Crippen molar-refractivity contribution < 1.29 is 37.1 Å². The van der Waals surface area contributed by atoms with E-state index in [-0.39, 0.29) is 41.2 Å². The van der Waals surface area contributed by atoms with Gasteiger partial charge in [0, 0.05) is 33.3 Å². The molecule has 188 valence electrons. The third-order valence-electron chi connectivity index (χ3n) is 5.65. The molecule has 3 aromatic carbocycles. The standard InChI is InChI=1S/C24H16BrClF4N2O4/c25-19-4-2-12(8-17(19)23(34)32-35)31-22(33)16-10-20(26)18(24(28,29)30)9-15(16)13-5-6-36-21-7-11(27)1-3-14(13)21/h1-4,7-10,13,35H,5-6H2,(H,31,33)(H,32,34). The summed E-state index contributed by atoms with van der Waals surface area (Å²) >= 11 is 9.09. The van der Waals surface area contributed by atoms with Crippen molar-refractivity contribution >= 4 is 45.0 Å². The van der Waals surface area contributed by atoms with E-state index in [2.05, 4.69) is 21.2 Å². The van der Waals surface area contributed by atoms with Crippen molar-refractivity contribution in [1.82, 2.24) is 5.48 Å². The zero-order chi connectivity index (χ0) is 26.2. The van der Waals surface area contributed by atoms with Crippen LogP contribution >= 0.6 is 27.5 Å². The largest absolute Gasteiger partial charge is 0.493 e. The molecule has 0 saturated carbocycles. The Hall–Kier alpha value is -3.15. The number of hydrogen-bond acceptors (Lipinski definition) is 4. The minimum absolute atomic E-state index is 0.00126. The van der Waals surface area contributed by atoms with Gasteiger partial charge in [-0.15, -0.1) is 0 Å². The molecule has 1 atom stereocenters. The smallest absolute Gasteiger partial charge is 0.417 e. The number of anilines is 1. The van der Waals surface area contributed by atoms with Crippen LogP contribution in [0.5, 0.6) is 5.75 Å². The number of carbonyl (C=O) groups is 2. The Balaban J connectivity index is 1.81. The third kappa shape index (κ3) is 5.18. The lowest BCUT2D eigenvalue weighted by Crippen LogP contribution is -2.22. The lowest BCUT2D eigenvalue weighted by Gasteiger charge is -2.28. The number of fused-ring (bicyclic) bond motifs is 1. The summed E-state index contributed by atoms with van der Waals surface area (Å²) in [5.74, 6) is -2.74. The number of nitrogens with one attached hydrogen (secondary N) is 2. The van der Waals surface area contributed by atoms with Gasteiger partial charge in [-0.2, -0.15) is 13.2 Å². The number of halogens is 6. The number of hydroxylamine groups is 1. The van der Waals surface area contributed by atoms with Crippen LogP contribution in [0.3, 0.4) is 0 Å². The van der Waals surface area contributed by atoms with E-state index in [4.69, 9.17) is 21.5 Å². The highest BCUT2D eigenvalue weighted by Gasteiger charge is 2.37. The van der Waals surface area contributed by atoms with E-state index in [9.17, 15) is 27.2 Å². The molecule has 3 N–H and O–H groups in total. The van der Waals surface area contributed by atoms with Crippen molar-refractivity contribution in [3.8, 4) is 5.75 Å². The Kier molecular flexibility index (Phi) is 7.26. The van der Waals surface area contributed by atoms with E-state index in [0.717, 1.165) is 24.3 Å². The van der Waals surface area contributed by atoms with Gasteiger partial charge in [-0.25, -0.2) is 9.87 Å². The number of benzene rings is 3. The average Bonchev–Trinajstić information content (AvgIpc) is 2.83. The first-order valence-corrected chi connectivity index (χ1v) is 11.5. The summed E-state index contributed by atoms with van der Waals surface area (Å²) in [6.07, 6.45) is -4.55. The zero-order valence-electron chi connectivity index (χ0n) is 18.1. The van der Waals surface area contributed by atoms with Crippen molar-refractivity contribution in [3.05, 3.63) is 91.7 Å². The second-order valence-electron chi connectivity index (χ2n) is 7.88. The topological polar surface area (TPSA) is 87.7 Å². The van der Waals surface area contributed by atoms with E-state index in [1.165, 1.54) is 29.7 Å². The number of rotatable bonds is 4. The molecule has 0 bridgehead atoms. The number of alkyl halides is 3. The molecule has 3 aromatic rings. The van der Waals surface area contributed by atoms with Crippen LogP contribution in [0.25, 0.3) is 0 Å². The fraction of sp³-hybridized carbons (Fsp3) is 0.167. The quantitative estimate of drug-likeness (QED) is 0.184. The molecule has 36 heavy (non-hydrogen) atoms. The monoisotopic (exact) mass is 586 g/mol. The van der Waals surface area contributed by atoms with Gasteiger partial charge in [0.05, 0.1) is 22.8 Å². The number of ether oxygens (including phenoxy) is 1. The van der Waals surface area contributed by atoms with Crippen LogP contribution in [-0.2, 0) is 6.18 Å². The maximum absolute atomic E-state index is 13.7. The van der Waals surface area contributed by atoms with Crippen LogP contribution in [-0.4, -0.2) is 23.6 Å². The van der Waals surface area contributed by atoms with Gasteiger partial charge in [-0.1, -0.05) is 17.7 Å². The summed E-state index contributed by atoms with van der Waals surface area (Å²) < 4.78 is 60.6. The van der Waals surface area contributed by atoms with Gasteiger partial charge in [0.15, 0.2) is 0 Å². The second-order valence-corrected chi connectivity index (χ2v) is 9.14. The van der Waals surface area contributed by atoms with Crippen molar-refractivity contribution in [2.75, 3.05) is 11.9 Å². The molecule has 0 fully saturated rings. The fourth-order valence-electron chi connectivity index (χ4n) is 4.01. The van der Waals surface area contributed by atoms with Crippen LogP contribution in [0.15, 0.2) is 53.0 Å². The minimum Gasteiger partial charge on any atom is -0.493 e. The third-order valence-corrected chi connectivity index (χ3v) is 6.65. The molecule has 6 nitrogen and oxygen atoms in total. The second kappa shape index (κ2) is 10.1. The van der Waals surface area contributed by atoms with E-state index in [0.29, 0.717) is 10.0 Å². The molecule has 1 aliphatic rings. The van der Waals surface area contributed by atoms with Crippen molar-refractivity contribution in [1.29, 1.82) is 0 Å². The van der Waals surface area contributed by atoms with Crippen molar-refractivity contribution in [2.45, 2.75) is 18.5 Å². The molecule has 4 rings (SSSR count). The number of hydrogen-bond donors (Lipinski definition) is 3. The first-order chi connectivity index (χ1) is 17.0. The van der Waals surface area contributed by atoms with Gasteiger partial charge < -0.3 is 10.1 Å². The fourth-order valence-corrected chi connectivity index (χ4v) is 4.71. The van der Waals surface area contributed by atoms with Crippen molar-refractivity contribution in [3.63, 3.8) is 0 Å². The zero-order valence-corrected chi connectivity index (χ0v) is 20.4. The highest BCUT2D eigenvalue weighted by atomic mass is 79.9. The molecular weight excluding hydrogens is 572 g/mol. The Labute approximate surface area is 215 Å². The van der Waals surface area contributed by atoms with Crippen LogP contribution in [0.4, 0.5) is 23.2 Å². The first kappa shape index (κ1) is 25.9. The van der Waals surface area contributed by atoms with Crippen LogP contribution < -0.4 is 15.5 Å². The summed E-state index contributed by atoms with van der Waals surface area (Å²) in [5, 5.41) is 10.8. The molecule has 0 spiro atoms. The van der Waals surface area contributed by atoms with Crippen LogP contribution in [0, 0.1) is 5.82 Å².